The standard InChI is InChI=1S/C20H20N4O2S2/c1-13(15-8-4-3-5-9-15)21-19(26)16-10-6-7-11-17(16)22-18(25)12-27-20-24-23-14(2)28-20/h3-11,13H,12H2,1-2H3,(H,21,26)(H,22,25)/t13-/m1/s1. The quantitative estimate of drug-likeness (QED) is 0.572. The van der Waals surface area contributed by atoms with Crippen LogP contribution in [-0.4, -0.2) is 27.8 Å². The molecule has 1 heterocycles. The molecule has 0 unspecified atom stereocenters. The minimum absolute atomic E-state index is 0.145. The molecule has 0 aliphatic rings. The molecule has 0 spiro atoms. The lowest BCUT2D eigenvalue weighted by Crippen LogP contribution is -2.28. The predicted octanol–water partition coefficient (Wildman–Crippen LogP) is 4.07. The summed E-state index contributed by atoms with van der Waals surface area (Å²) in [5, 5.41) is 14.6. The maximum Gasteiger partial charge on any atom is 0.253 e. The summed E-state index contributed by atoms with van der Waals surface area (Å²) in [5.74, 6) is -0.237. The topological polar surface area (TPSA) is 84.0 Å². The summed E-state index contributed by atoms with van der Waals surface area (Å²) in [6.45, 7) is 3.79. The van der Waals surface area contributed by atoms with Crippen LogP contribution in [0.5, 0.6) is 0 Å². The van der Waals surface area contributed by atoms with Crippen molar-refractivity contribution < 1.29 is 9.59 Å². The average molecular weight is 413 g/mol. The van der Waals surface area contributed by atoms with E-state index in [0.29, 0.717) is 11.3 Å². The summed E-state index contributed by atoms with van der Waals surface area (Å²) in [6.07, 6.45) is 0. The molecule has 0 fully saturated rings. The molecule has 1 aromatic heterocycles. The summed E-state index contributed by atoms with van der Waals surface area (Å²) < 4.78 is 0.746. The van der Waals surface area contributed by atoms with Gasteiger partial charge in [-0.2, -0.15) is 0 Å². The maximum atomic E-state index is 12.7. The molecule has 0 aliphatic heterocycles. The van der Waals surface area contributed by atoms with E-state index in [1.807, 2.05) is 44.2 Å². The maximum absolute atomic E-state index is 12.7. The van der Waals surface area contributed by atoms with E-state index in [9.17, 15) is 9.59 Å². The van der Waals surface area contributed by atoms with Gasteiger partial charge in [-0.3, -0.25) is 9.59 Å². The van der Waals surface area contributed by atoms with Gasteiger partial charge in [-0.15, -0.1) is 10.2 Å². The Bertz CT molecular complexity index is 960. The number of para-hydroxylation sites is 1. The van der Waals surface area contributed by atoms with Gasteiger partial charge in [-0.25, -0.2) is 0 Å². The fraction of sp³-hybridized carbons (Fsp3) is 0.200. The Morgan fingerprint density at radius 1 is 1.07 bits per heavy atom. The van der Waals surface area contributed by atoms with Crippen LogP contribution in [0.3, 0.4) is 0 Å². The van der Waals surface area contributed by atoms with Crippen LogP contribution in [0.1, 0.15) is 33.9 Å². The van der Waals surface area contributed by atoms with Crippen molar-refractivity contribution >= 4 is 40.6 Å². The molecule has 144 valence electrons. The number of nitrogens with one attached hydrogen (secondary N) is 2. The number of aromatic nitrogens is 2. The summed E-state index contributed by atoms with van der Waals surface area (Å²) >= 11 is 2.77. The number of thioether (sulfide) groups is 1. The predicted molar refractivity (Wildman–Crippen MR) is 113 cm³/mol. The van der Waals surface area contributed by atoms with E-state index >= 15 is 0 Å². The normalized spacial score (nSPS) is 11.6. The molecule has 0 saturated heterocycles. The van der Waals surface area contributed by atoms with E-state index in [0.717, 1.165) is 14.9 Å². The lowest BCUT2D eigenvalue weighted by molar-refractivity contribution is -0.113. The van der Waals surface area contributed by atoms with Crippen LogP contribution in [0.15, 0.2) is 58.9 Å². The van der Waals surface area contributed by atoms with E-state index in [1.165, 1.54) is 23.1 Å². The second-order valence-electron chi connectivity index (χ2n) is 6.08. The molecule has 2 amide bonds. The number of amides is 2. The van der Waals surface area contributed by atoms with Gasteiger partial charge >= 0.3 is 0 Å². The van der Waals surface area contributed by atoms with Gasteiger partial charge in [0.1, 0.15) is 5.01 Å². The van der Waals surface area contributed by atoms with Crippen LogP contribution in [0.4, 0.5) is 5.69 Å². The third kappa shape index (κ3) is 5.40. The molecule has 3 rings (SSSR count). The highest BCUT2D eigenvalue weighted by Crippen LogP contribution is 2.23. The molecule has 28 heavy (non-hydrogen) atoms. The number of carbonyl (C=O) groups excluding carboxylic acids is 2. The van der Waals surface area contributed by atoms with Crippen LogP contribution < -0.4 is 10.6 Å². The Morgan fingerprint density at radius 3 is 2.50 bits per heavy atom. The van der Waals surface area contributed by atoms with Crippen LogP contribution >= 0.6 is 23.1 Å². The molecule has 6 nitrogen and oxygen atoms in total. The number of benzene rings is 2. The smallest absolute Gasteiger partial charge is 0.253 e. The lowest BCUT2D eigenvalue weighted by Gasteiger charge is -2.16. The molecule has 3 aromatic rings. The number of nitrogens with zero attached hydrogens (tertiary/aromatic N) is 2. The highest BCUT2D eigenvalue weighted by atomic mass is 32.2. The van der Waals surface area contributed by atoms with Crippen LogP contribution in [0, 0.1) is 6.92 Å². The minimum Gasteiger partial charge on any atom is -0.345 e. The monoisotopic (exact) mass is 412 g/mol. The third-order valence-corrected chi connectivity index (χ3v) is 5.90. The number of aryl methyl sites for hydroxylation is 1. The van der Waals surface area contributed by atoms with E-state index in [1.54, 1.807) is 24.3 Å². The van der Waals surface area contributed by atoms with Crippen LogP contribution in [0.2, 0.25) is 0 Å². The fourth-order valence-corrected chi connectivity index (χ4v) is 4.16. The zero-order chi connectivity index (χ0) is 19.9. The van der Waals surface area contributed by atoms with Crippen LogP contribution in [-0.2, 0) is 4.79 Å². The Balaban J connectivity index is 1.63. The molecular weight excluding hydrogens is 392 g/mol. The summed E-state index contributed by atoms with van der Waals surface area (Å²) in [5.41, 5.74) is 1.93. The van der Waals surface area contributed by atoms with Crippen molar-refractivity contribution in [1.82, 2.24) is 15.5 Å². The molecule has 1 atom stereocenters. The molecule has 0 bridgehead atoms. The van der Waals surface area contributed by atoms with Crippen molar-refractivity contribution in [3.05, 3.63) is 70.7 Å². The first-order valence-corrected chi connectivity index (χ1v) is 10.5. The molecular formula is C20H20N4O2S2. The van der Waals surface area contributed by atoms with Gasteiger partial charge in [0, 0.05) is 0 Å². The van der Waals surface area contributed by atoms with Gasteiger partial charge in [-0.05, 0) is 31.5 Å². The van der Waals surface area contributed by atoms with Crippen molar-refractivity contribution in [3.63, 3.8) is 0 Å². The first-order chi connectivity index (χ1) is 13.5. The second-order valence-corrected chi connectivity index (χ2v) is 8.48. The van der Waals surface area contributed by atoms with Crippen molar-refractivity contribution in [2.45, 2.75) is 24.2 Å². The van der Waals surface area contributed by atoms with Crippen molar-refractivity contribution in [2.75, 3.05) is 11.1 Å². The summed E-state index contributed by atoms with van der Waals surface area (Å²) in [7, 11) is 0. The van der Waals surface area contributed by atoms with Gasteiger partial charge in [0.25, 0.3) is 5.91 Å². The molecule has 0 radical (unpaired) electrons. The van der Waals surface area contributed by atoms with Gasteiger partial charge in [0.2, 0.25) is 5.91 Å². The SMILES string of the molecule is Cc1nnc(SCC(=O)Nc2ccccc2C(=O)N[C@H](C)c2ccccc2)s1. The molecule has 0 saturated carbocycles. The van der Waals surface area contributed by atoms with Crippen LogP contribution in [0.25, 0.3) is 0 Å². The highest BCUT2D eigenvalue weighted by molar-refractivity contribution is 8.01. The first kappa shape index (κ1) is 20.0. The Hall–Kier alpha value is -2.71. The Labute approximate surface area is 171 Å². The van der Waals surface area contributed by atoms with E-state index in [4.69, 9.17) is 0 Å². The lowest BCUT2D eigenvalue weighted by atomic mass is 10.1. The van der Waals surface area contributed by atoms with Gasteiger partial charge < -0.3 is 10.6 Å². The molecule has 0 aliphatic carbocycles. The number of rotatable bonds is 7. The summed E-state index contributed by atoms with van der Waals surface area (Å²) in [6, 6.07) is 16.6. The number of carbonyl (C=O) groups is 2. The third-order valence-electron chi connectivity index (χ3n) is 3.93. The van der Waals surface area contributed by atoms with Crippen molar-refractivity contribution in [3.8, 4) is 0 Å². The highest BCUT2D eigenvalue weighted by Gasteiger charge is 2.16. The minimum atomic E-state index is -0.236. The van der Waals surface area contributed by atoms with Gasteiger partial charge in [0.05, 0.1) is 23.0 Å². The van der Waals surface area contributed by atoms with Crippen molar-refractivity contribution in [2.24, 2.45) is 0 Å². The van der Waals surface area contributed by atoms with E-state index < -0.39 is 0 Å². The Kier molecular flexibility index (Phi) is 6.78. The molecule has 8 heteroatoms. The number of hydrogen-bond donors (Lipinski definition) is 2. The first-order valence-electron chi connectivity index (χ1n) is 8.70. The molecule has 2 N–H and O–H groups in total. The van der Waals surface area contributed by atoms with E-state index in [-0.39, 0.29) is 23.6 Å². The fourth-order valence-electron chi connectivity index (χ4n) is 2.54. The largest absolute Gasteiger partial charge is 0.345 e. The Morgan fingerprint density at radius 2 is 1.79 bits per heavy atom. The van der Waals surface area contributed by atoms with Crippen molar-refractivity contribution in [1.29, 1.82) is 0 Å². The summed E-state index contributed by atoms with van der Waals surface area (Å²) in [4.78, 5) is 25.0. The van der Waals surface area contributed by atoms with E-state index in [2.05, 4.69) is 20.8 Å². The zero-order valence-electron chi connectivity index (χ0n) is 15.5. The second kappa shape index (κ2) is 9.48. The average Bonchev–Trinajstić information content (AvgIpc) is 3.12. The zero-order valence-corrected chi connectivity index (χ0v) is 17.1. The number of anilines is 1. The van der Waals surface area contributed by atoms with Gasteiger partial charge in [-0.1, -0.05) is 65.6 Å². The molecule has 2 aromatic carbocycles. The number of hydrogen-bond acceptors (Lipinski definition) is 6. The van der Waals surface area contributed by atoms with Gasteiger partial charge in [0.15, 0.2) is 4.34 Å².